The molecular weight excluding hydrogens is 544 g/mol. The van der Waals surface area contributed by atoms with Gasteiger partial charge in [-0.2, -0.15) is 0 Å². The molecular formula is C31H35BrN2O4. The molecule has 3 aromatic carbocycles. The first kappa shape index (κ1) is 27.7. The molecule has 0 radical (unpaired) electrons. The first-order valence-corrected chi connectivity index (χ1v) is 13.9. The molecule has 0 saturated heterocycles. The Hall–Kier alpha value is -3.32. The molecule has 0 spiro atoms. The van der Waals surface area contributed by atoms with Crippen LogP contribution in [0.2, 0.25) is 0 Å². The Bertz CT molecular complexity index is 1210. The quantitative estimate of drug-likeness (QED) is 0.323. The number of amides is 2. The molecule has 0 aliphatic carbocycles. The van der Waals surface area contributed by atoms with Crippen LogP contribution in [0.5, 0.6) is 11.5 Å². The molecule has 1 atom stereocenters. The summed E-state index contributed by atoms with van der Waals surface area (Å²) >= 11 is 3.48. The highest BCUT2D eigenvalue weighted by Crippen LogP contribution is 2.31. The van der Waals surface area contributed by atoms with Crippen LogP contribution in [0.3, 0.4) is 0 Å². The van der Waals surface area contributed by atoms with Gasteiger partial charge in [-0.25, -0.2) is 0 Å². The summed E-state index contributed by atoms with van der Waals surface area (Å²) in [6.45, 7) is 6.08. The van der Waals surface area contributed by atoms with E-state index in [1.54, 1.807) is 4.90 Å². The van der Waals surface area contributed by atoms with Crippen molar-refractivity contribution in [1.29, 1.82) is 0 Å². The molecule has 3 aromatic rings. The van der Waals surface area contributed by atoms with Crippen LogP contribution in [-0.2, 0) is 29.0 Å². The largest absolute Gasteiger partial charge is 0.486 e. The van der Waals surface area contributed by atoms with E-state index in [0.29, 0.717) is 50.8 Å². The summed E-state index contributed by atoms with van der Waals surface area (Å²) in [4.78, 5) is 29.1. The zero-order valence-electron chi connectivity index (χ0n) is 22.0. The maximum Gasteiger partial charge on any atom is 0.243 e. The number of ether oxygens (including phenoxy) is 2. The van der Waals surface area contributed by atoms with Crippen LogP contribution in [0, 0.1) is 5.92 Å². The maximum absolute atomic E-state index is 13.8. The summed E-state index contributed by atoms with van der Waals surface area (Å²) in [5.41, 5.74) is 2.98. The highest BCUT2D eigenvalue weighted by atomic mass is 79.9. The van der Waals surface area contributed by atoms with Crippen LogP contribution in [0.15, 0.2) is 77.3 Å². The molecule has 1 aliphatic heterocycles. The fourth-order valence-electron chi connectivity index (χ4n) is 4.40. The second-order valence-corrected chi connectivity index (χ2v) is 10.9. The lowest BCUT2D eigenvalue weighted by Gasteiger charge is -2.32. The Balaban J connectivity index is 1.58. The number of rotatable bonds is 11. The molecule has 0 unspecified atom stereocenters. The Labute approximate surface area is 233 Å². The predicted molar refractivity (Wildman–Crippen MR) is 152 cm³/mol. The van der Waals surface area contributed by atoms with E-state index in [1.807, 2.05) is 72.8 Å². The zero-order chi connectivity index (χ0) is 26.9. The van der Waals surface area contributed by atoms with E-state index in [-0.39, 0.29) is 18.2 Å². The third-order valence-corrected chi connectivity index (χ3v) is 6.98. The van der Waals surface area contributed by atoms with E-state index in [2.05, 4.69) is 35.1 Å². The summed E-state index contributed by atoms with van der Waals surface area (Å²) in [6, 6.07) is 22.9. The van der Waals surface area contributed by atoms with Gasteiger partial charge < -0.3 is 19.7 Å². The molecule has 7 heteroatoms. The van der Waals surface area contributed by atoms with Gasteiger partial charge in [-0.05, 0) is 53.3 Å². The first-order valence-electron chi connectivity index (χ1n) is 13.1. The highest BCUT2D eigenvalue weighted by Gasteiger charge is 2.30. The van der Waals surface area contributed by atoms with Gasteiger partial charge in [0, 0.05) is 30.4 Å². The molecule has 0 aromatic heterocycles. The van der Waals surface area contributed by atoms with Crippen LogP contribution in [0.1, 0.15) is 37.0 Å². The van der Waals surface area contributed by atoms with Crippen molar-refractivity contribution in [2.24, 2.45) is 5.92 Å². The van der Waals surface area contributed by atoms with Crippen molar-refractivity contribution >= 4 is 27.7 Å². The molecule has 1 N–H and O–H groups in total. The molecule has 0 saturated carbocycles. The maximum atomic E-state index is 13.8. The topological polar surface area (TPSA) is 67.9 Å². The second kappa shape index (κ2) is 13.5. The van der Waals surface area contributed by atoms with Crippen molar-refractivity contribution in [2.75, 3.05) is 19.8 Å². The number of hydrogen-bond acceptors (Lipinski definition) is 4. The minimum Gasteiger partial charge on any atom is -0.486 e. The lowest BCUT2D eigenvalue weighted by Crippen LogP contribution is -2.51. The standard InChI is InChI=1S/C31H35BrN2O4/c1-22(2)20-33-31(36)27(18-23-6-4-3-5-7-23)34(21-25-8-12-26(32)13-9-25)30(35)15-11-24-10-14-28-29(19-24)38-17-16-37-28/h3-10,12-14,19,22,27H,11,15-18,20-21H2,1-2H3,(H,33,36)/t27-/m0/s1. The van der Waals surface area contributed by atoms with E-state index in [4.69, 9.17) is 9.47 Å². The van der Waals surface area contributed by atoms with Crippen molar-refractivity contribution < 1.29 is 19.1 Å². The van der Waals surface area contributed by atoms with Gasteiger partial charge in [0.1, 0.15) is 19.3 Å². The lowest BCUT2D eigenvalue weighted by molar-refractivity contribution is -0.141. The Morgan fingerprint density at radius 1 is 0.895 bits per heavy atom. The molecule has 2 amide bonds. The average molecular weight is 580 g/mol. The summed E-state index contributed by atoms with van der Waals surface area (Å²) in [7, 11) is 0. The third-order valence-electron chi connectivity index (χ3n) is 6.46. The van der Waals surface area contributed by atoms with Gasteiger partial charge in [0.25, 0.3) is 0 Å². The minimum atomic E-state index is -0.632. The van der Waals surface area contributed by atoms with Crippen molar-refractivity contribution in [2.45, 2.75) is 45.7 Å². The van der Waals surface area contributed by atoms with Crippen molar-refractivity contribution in [3.63, 3.8) is 0 Å². The number of carbonyl (C=O) groups excluding carboxylic acids is 2. The Kier molecular flexibility index (Phi) is 9.82. The smallest absolute Gasteiger partial charge is 0.243 e. The summed E-state index contributed by atoms with van der Waals surface area (Å²) in [6.07, 6.45) is 1.26. The Morgan fingerprint density at radius 2 is 1.58 bits per heavy atom. The number of nitrogens with one attached hydrogen (secondary N) is 1. The number of halogens is 1. The average Bonchev–Trinajstić information content (AvgIpc) is 2.93. The van der Waals surface area contributed by atoms with Crippen LogP contribution < -0.4 is 14.8 Å². The van der Waals surface area contributed by atoms with Crippen LogP contribution >= 0.6 is 15.9 Å². The van der Waals surface area contributed by atoms with Crippen LogP contribution in [-0.4, -0.2) is 42.5 Å². The third kappa shape index (κ3) is 7.84. The van der Waals surface area contributed by atoms with Gasteiger partial charge in [-0.1, -0.05) is 78.3 Å². The molecule has 0 fully saturated rings. The number of carbonyl (C=O) groups is 2. The molecule has 38 heavy (non-hydrogen) atoms. The highest BCUT2D eigenvalue weighted by molar-refractivity contribution is 9.10. The van der Waals surface area contributed by atoms with E-state index < -0.39 is 6.04 Å². The predicted octanol–water partition coefficient (Wildman–Crippen LogP) is 5.57. The fraction of sp³-hybridized carbons (Fsp3) is 0.355. The van der Waals surface area contributed by atoms with E-state index >= 15 is 0 Å². The molecule has 1 aliphatic rings. The fourth-order valence-corrected chi connectivity index (χ4v) is 4.67. The minimum absolute atomic E-state index is 0.0663. The van der Waals surface area contributed by atoms with Gasteiger partial charge in [0.05, 0.1) is 0 Å². The number of benzene rings is 3. The summed E-state index contributed by atoms with van der Waals surface area (Å²) in [5, 5.41) is 3.07. The van der Waals surface area contributed by atoms with Crippen molar-refractivity contribution in [3.05, 3.63) is 94.0 Å². The van der Waals surface area contributed by atoms with Crippen LogP contribution in [0.25, 0.3) is 0 Å². The SMILES string of the molecule is CC(C)CNC(=O)[C@H](Cc1ccccc1)N(Cc1ccc(Br)cc1)C(=O)CCc1ccc2c(c1)OCCO2. The van der Waals surface area contributed by atoms with E-state index in [0.717, 1.165) is 26.9 Å². The normalized spacial score (nSPS) is 13.2. The monoisotopic (exact) mass is 578 g/mol. The van der Waals surface area contributed by atoms with Gasteiger partial charge in [0.2, 0.25) is 11.8 Å². The van der Waals surface area contributed by atoms with Gasteiger partial charge in [-0.15, -0.1) is 0 Å². The second-order valence-electron chi connectivity index (χ2n) is 9.97. The van der Waals surface area contributed by atoms with E-state index in [1.165, 1.54) is 0 Å². The number of nitrogens with zero attached hydrogens (tertiary/aromatic N) is 1. The molecule has 0 bridgehead atoms. The van der Waals surface area contributed by atoms with Gasteiger partial charge in [-0.3, -0.25) is 9.59 Å². The van der Waals surface area contributed by atoms with Gasteiger partial charge in [0.15, 0.2) is 11.5 Å². The van der Waals surface area contributed by atoms with Crippen molar-refractivity contribution in [1.82, 2.24) is 10.2 Å². The number of fused-ring (bicyclic) bond motifs is 1. The Morgan fingerprint density at radius 3 is 2.29 bits per heavy atom. The number of aryl methyl sites for hydroxylation is 1. The van der Waals surface area contributed by atoms with Gasteiger partial charge >= 0.3 is 0 Å². The van der Waals surface area contributed by atoms with Crippen LogP contribution in [0.4, 0.5) is 0 Å². The van der Waals surface area contributed by atoms with E-state index in [9.17, 15) is 9.59 Å². The first-order chi connectivity index (χ1) is 18.4. The zero-order valence-corrected chi connectivity index (χ0v) is 23.6. The lowest BCUT2D eigenvalue weighted by atomic mass is 10.0. The molecule has 1 heterocycles. The number of hydrogen-bond donors (Lipinski definition) is 1. The summed E-state index contributed by atoms with van der Waals surface area (Å²) < 4.78 is 12.3. The molecule has 6 nitrogen and oxygen atoms in total. The summed E-state index contributed by atoms with van der Waals surface area (Å²) in [5.74, 6) is 1.55. The molecule has 4 rings (SSSR count). The molecule has 200 valence electrons. The van der Waals surface area contributed by atoms with Crippen molar-refractivity contribution in [3.8, 4) is 11.5 Å².